The summed E-state index contributed by atoms with van der Waals surface area (Å²) in [6.45, 7) is 1.84. The molecule has 0 radical (unpaired) electrons. The largest absolute Gasteiger partial charge is 0.493 e. The molecule has 0 aliphatic carbocycles. The van der Waals surface area contributed by atoms with Crippen LogP contribution >= 0.6 is 0 Å². The third kappa shape index (κ3) is 3.59. The molecule has 0 amide bonds. The van der Waals surface area contributed by atoms with Crippen LogP contribution in [-0.4, -0.2) is 44.8 Å². The topological polar surface area (TPSA) is 56.8 Å². The highest BCUT2D eigenvalue weighted by Gasteiger charge is 2.34. The summed E-state index contributed by atoms with van der Waals surface area (Å²) < 4.78 is 16.5. The van der Waals surface area contributed by atoms with Gasteiger partial charge in [-0.25, -0.2) is 0 Å². The average molecular weight is 305 g/mol. The molecule has 2 bridgehead atoms. The number of benzene rings is 1. The van der Waals surface area contributed by atoms with Crippen LogP contribution in [0.15, 0.2) is 24.3 Å². The van der Waals surface area contributed by atoms with Crippen molar-refractivity contribution in [2.45, 2.75) is 31.3 Å². The molecule has 2 saturated heterocycles. The van der Waals surface area contributed by atoms with Crippen LogP contribution in [-0.2, 0) is 9.53 Å². The Morgan fingerprint density at radius 2 is 1.91 bits per heavy atom. The highest BCUT2D eigenvalue weighted by molar-refractivity contribution is 5.81. The number of nitrogens with one attached hydrogen (secondary N) is 1. The van der Waals surface area contributed by atoms with E-state index in [1.165, 1.54) is 0 Å². The van der Waals surface area contributed by atoms with E-state index in [9.17, 15) is 4.79 Å². The second-order valence-electron chi connectivity index (χ2n) is 5.98. The van der Waals surface area contributed by atoms with E-state index < -0.39 is 0 Å². The number of methoxy groups -OCH3 is 1. The molecule has 3 rings (SSSR count). The summed E-state index contributed by atoms with van der Waals surface area (Å²) in [6, 6.07) is 8.16. The minimum Gasteiger partial charge on any atom is -0.493 e. The van der Waals surface area contributed by atoms with Crippen molar-refractivity contribution < 1.29 is 19.0 Å². The first-order chi connectivity index (χ1) is 10.8. The zero-order chi connectivity index (χ0) is 15.4. The lowest BCUT2D eigenvalue weighted by atomic mass is 9.83. The Kier molecular flexibility index (Phi) is 4.95. The molecule has 0 aromatic heterocycles. The van der Waals surface area contributed by atoms with Gasteiger partial charge in [0.15, 0.2) is 11.5 Å². The molecule has 5 nitrogen and oxygen atoms in total. The molecular weight excluding hydrogens is 282 g/mol. The molecule has 2 unspecified atom stereocenters. The minimum atomic E-state index is 0.140. The molecule has 2 aliphatic rings. The van der Waals surface area contributed by atoms with Crippen molar-refractivity contribution in [3.05, 3.63) is 24.3 Å². The molecular formula is C17H23NO4. The van der Waals surface area contributed by atoms with Crippen molar-refractivity contribution in [1.29, 1.82) is 0 Å². The lowest BCUT2D eigenvalue weighted by Crippen LogP contribution is -2.55. The fourth-order valence-corrected chi connectivity index (χ4v) is 3.30. The molecule has 2 atom stereocenters. The van der Waals surface area contributed by atoms with Crippen molar-refractivity contribution in [2.75, 3.05) is 26.9 Å². The zero-order valence-electron chi connectivity index (χ0n) is 12.9. The van der Waals surface area contributed by atoms with E-state index in [1.807, 2.05) is 24.3 Å². The van der Waals surface area contributed by atoms with Gasteiger partial charge in [0, 0.05) is 24.4 Å². The van der Waals surface area contributed by atoms with Gasteiger partial charge in [-0.3, -0.25) is 4.79 Å². The van der Waals surface area contributed by atoms with Crippen molar-refractivity contribution in [2.24, 2.45) is 5.92 Å². The van der Waals surface area contributed by atoms with Crippen molar-refractivity contribution in [3.8, 4) is 11.5 Å². The fourth-order valence-electron chi connectivity index (χ4n) is 3.30. The van der Waals surface area contributed by atoms with Gasteiger partial charge >= 0.3 is 0 Å². The number of Topliss-reactive ketones (excluding diaryl/α,β-unsaturated/α-hetero) is 1. The summed E-state index contributed by atoms with van der Waals surface area (Å²) >= 11 is 0. The second-order valence-corrected chi connectivity index (χ2v) is 5.98. The van der Waals surface area contributed by atoms with Crippen molar-refractivity contribution in [1.82, 2.24) is 5.32 Å². The number of fused-ring (bicyclic) bond motifs is 2. The number of hydrogen-bond acceptors (Lipinski definition) is 5. The highest BCUT2D eigenvalue weighted by Crippen LogP contribution is 2.27. The first-order valence-corrected chi connectivity index (χ1v) is 7.88. The Morgan fingerprint density at radius 1 is 1.23 bits per heavy atom. The van der Waals surface area contributed by atoms with Crippen LogP contribution in [0.5, 0.6) is 11.5 Å². The molecule has 120 valence electrons. The number of ketones is 1. The lowest BCUT2D eigenvalue weighted by Gasteiger charge is -2.39. The van der Waals surface area contributed by atoms with Crippen LogP contribution in [0.25, 0.3) is 0 Å². The minimum absolute atomic E-state index is 0.140. The molecule has 2 fully saturated rings. The van der Waals surface area contributed by atoms with E-state index in [-0.39, 0.29) is 5.92 Å². The standard InChI is InChI=1S/C17H23NO4/c1-20-16-4-2-3-5-17(16)22-7-6-15(19)12-8-13-10-21-11-14(9-12)18-13/h2-5,12-14,18H,6-11H2,1H3. The first kappa shape index (κ1) is 15.3. The summed E-state index contributed by atoms with van der Waals surface area (Å²) in [4.78, 5) is 12.4. The van der Waals surface area contributed by atoms with Gasteiger partial charge in [0.25, 0.3) is 0 Å². The summed E-state index contributed by atoms with van der Waals surface area (Å²) in [6.07, 6.45) is 2.21. The van der Waals surface area contributed by atoms with E-state index in [2.05, 4.69) is 5.32 Å². The summed E-state index contributed by atoms with van der Waals surface area (Å²) in [5.74, 6) is 1.83. The fraction of sp³-hybridized carbons (Fsp3) is 0.588. The highest BCUT2D eigenvalue weighted by atomic mass is 16.5. The summed E-state index contributed by atoms with van der Waals surface area (Å²) in [7, 11) is 1.61. The quantitative estimate of drug-likeness (QED) is 0.868. The number of piperidine rings is 1. The number of para-hydroxylation sites is 2. The van der Waals surface area contributed by atoms with Gasteiger partial charge in [0.2, 0.25) is 0 Å². The van der Waals surface area contributed by atoms with E-state index in [0.29, 0.717) is 42.4 Å². The number of carbonyl (C=O) groups is 1. The third-order valence-electron chi connectivity index (χ3n) is 4.38. The maximum Gasteiger partial charge on any atom is 0.161 e. The molecule has 0 spiro atoms. The third-order valence-corrected chi connectivity index (χ3v) is 4.38. The van der Waals surface area contributed by atoms with E-state index in [4.69, 9.17) is 14.2 Å². The predicted molar refractivity (Wildman–Crippen MR) is 82.4 cm³/mol. The number of ether oxygens (including phenoxy) is 3. The van der Waals surface area contributed by atoms with Crippen LogP contribution in [0.1, 0.15) is 19.3 Å². The van der Waals surface area contributed by atoms with Gasteiger partial charge in [-0.05, 0) is 25.0 Å². The molecule has 1 aromatic carbocycles. The second kappa shape index (κ2) is 7.11. The Hall–Kier alpha value is -1.59. The maximum atomic E-state index is 12.4. The molecule has 22 heavy (non-hydrogen) atoms. The van der Waals surface area contributed by atoms with Crippen LogP contribution in [0.2, 0.25) is 0 Å². The Labute approximate surface area is 130 Å². The SMILES string of the molecule is COc1ccccc1OCCC(=O)C1CC2COCC(C1)N2. The summed E-state index contributed by atoms with van der Waals surface area (Å²) in [5, 5.41) is 3.51. The number of morpholine rings is 1. The lowest BCUT2D eigenvalue weighted by molar-refractivity contribution is -0.126. The van der Waals surface area contributed by atoms with Gasteiger partial charge in [-0.1, -0.05) is 12.1 Å². The molecule has 1 N–H and O–H groups in total. The Balaban J connectivity index is 1.48. The van der Waals surface area contributed by atoms with Gasteiger partial charge in [-0.2, -0.15) is 0 Å². The Bertz CT molecular complexity index is 507. The van der Waals surface area contributed by atoms with Gasteiger partial charge in [0.05, 0.1) is 26.9 Å². The van der Waals surface area contributed by atoms with Crippen molar-refractivity contribution >= 4 is 5.78 Å². The van der Waals surface area contributed by atoms with Gasteiger partial charge in [-0.15, -0.1) is 0 Å². The number of hydrogen-bond donors (Lipinski definition) is 1. The molecule has 2 aliphatic heterocycles. The number of carbonyl (C=O) groups excluding carboxylic acids is 1. The first-order valence-electron chi connectivity index (χ1n) is 7.88. The summed E-state index contributed by atoms with van der Waals surface area (Å²) in [5.41, 5.74) is 0. The molecule has 2 heterocycles. The molecule has 5 heteroatoms. The zero-order valence-corrected chi connectivity index (χ0v) is 12.9. The van der Waals surface area contributed by atoms with Crippen LogP contribution in [0, 0.1) is 5.92 Å². The average Bonchev–Trinajstić information content (AvgIpc) is 2.54. The van der Waals surface area contributed by atoms with E-state index >= 15 is 0 Å². The van der Waals surface area contributed by atoms with Gasteiger partial charge < -0.3 is 19.5 Å². The maximum absolute atomic E-state index is 12.4. The molecule has 1 aromatic rings. The Morgan fingerprint density at radius 3 is 2.59 bits per heavy atom. The van der Waals surface area contributed by atoms with Crippen molar-refractivity contribution in [3.63, 3.8) is 0 Å². The number of rotatable bonds is 6. The van der Waals surface area contributed by atoms with E-state index in [1.54, 1.807) is 7.11 Å². The predicted octanol–water partition coefficient (Wildman–Crippen LogP) is 1.80. The van der Waals surface area contributed by atoms with Crippen LogP contribution in [0.3, 0.4) is 0 Å². The smallest absolute Gasteiger partial charge is 0.161 e. The van der Waals surface area contributed by atoms with E-state index in [0.717, 1.165) is 26.1 Å². The van der Waals surface area contributed by atoms with Crippen LogP contribution in [0.4, 0.5) is 0 Å². The monoisotopic (exact) mass is 305 g/mol. The van der Waals surface area contributed by atoms with Crippen LogP contribution < -0.4 is 14.8 Å². The van der Waals surface area contributed by atoms with Gasteiger partial charge in [0.1, 0.15) is 5.78 Å². The molecule has 0 saturated carbocycles. The normalized spacial score (nSPS) is 27.2.